The van der Waals surface area contributed by atoms with E-state index >= 15 is 0 Å². The van der Waals surface area contributed by atoms with Crippen LogP contribution in [-0.4, -0.2) is 70.5 Å². The number of guanidine groups is 1. The highest BCUT2D eigenvalue weighted by Crippen LogP contribution is 2.20. The summed E-state index contributed by atoms with van der Waals surface area (Å²) in [6.07, 6.45) is -3.53. The monoisotopic (exact) mass is 340 g/mol. The van der Waals surface area contributed by atoms with Crippen molar-refractivity contribution in [1.82, 2.24) is 15.5 Å². The second kappa shape index (κ2) is 9.97. The van der Waals surface area contributed by atoms with Crippen molar-refractivity contribution in [2.75, 3.05) is 47.4 Å². The molecule has 0 aromatic heterocycles. The molecule has 0 saturated carbocycles. The third-order valence-corrected chi connectivity index (χ3v) is 3.39. The average molecular weight is 340 g/mol. The van der Waals surface area contributed by atoms with Crippen LogP contribution in [0.25, 0.3) is 0 Å². The van der Waals surface area contributed by atoms with E-state index < -0.39 is 12.7 Å². The maximum atomic E-state index is 12.2. The lowest BCUT2D eigenvalue weighted by molar-refractivity contribution is -0.143. The number of methoxy groups -OCH3 is 1. The van der Waals surface area contributed by atoms with Gasteiger partial charge in [0.05, 0.1) is 12.6 Å². The van der Waals surface area contributed by atoms with E-state index in [4.69, 9.17) is 4.74 Å². The molecule has 138 valence electrons. The Kier molecular flexibility index (Phi) is 9.53. The molecule has 0 rings (SSSR count). The quantitative estimate of drug-likeness (QED) is 0.404. The van der Waals surface area contributed by atoms with Gasteiger partial charge in [0.15, 0.2) is 5.96 Å². The topological polar surface area (TPSA) is 48.9 Å². The summed E-state index contributed by atoms with van der Waals surface area (Å²) in [5, 5.41) is 6.27. The highest BCUT2D eigenvalue weighted by molar-refractivity contribution is 5.79. The smallest absolute Gasteiger partial charge is 0.379 e. The van der Waals surface area contributed by atoms with Gasteiger partial charge >= 0.3 is 6.18 Å². The lowest BCUT2D eigenvalue weighted by Gasteiger charge is -2.30. The highest BCUT2D eigenvalue weighted by Gasteiger charge is 2.28. The normalized spacial score (nSPS) is 15.0. The molecule has 0 radical (unpaired) electrons. The molecule has 0 aliphatic carbocycles. The van der Waals surface area contributed by atoms with Crippen LogP contribution in [0, 0.1) is 5.41 Å². The number of nitrogens with zero attached hydrogens (tertiary/aromatic N) is 2. The van der Waals surface area contributed by atoms with E-state index in [-0.39, 0.29) is 11.5 Å². The number of nitrogens with one attached hydrogen (secondary N) is 2. The molecule has 1 unspecified atom stereocenters. The minimum atomic E-state index is -4.15. The van der Waals surface area contributed by atoms with Gasteiger partial charge in [0.1, 0.15) is 0 Å². The van der Waals surface area contributed by atoms with Gasteiger partial charge in [-0.15, -0.1) is 0 Å². The molecular formula is C15H31F3N4O. The van der Waals surface area contributed by atoms with Crippen LogP contribution in [0.1, 0.15) is 27.2 Å². The van der Waals surface area contributed by atoms with Crippen molar-refractivity contribution in [2.24, 2.45) is 10.4 Å². The predicted octanol–water partition coefficient (Wildman–Crippen LogP) is 2.10. The van der Waals surface area contributed by atoms with Crippen molar-refractivity contribution < 1.29 is 17.9 Å². The number of rotatable bonds is 8. The van der Waals surface area contributed by atoms with Gasteiger partial charge in [-0.2, -0.15) is 13.2 Å². The standard InChI is InChI=1S/C15H31F3N4O/c1-14(2,3)12(23-6)10-21-13(19-4)20-8-7-9-22(5)11-15(16,17)18/h12H,7-11H2,1-6H3,(H2,19,20,21). The van der Waals surface area contributed by atoms with Gasteiger partial charge in [-0.05, 0) is 25.4 Å². The maximum Gasteiger partial charge on any atom is 0.401 e. The maximum absolute atomic E-state index is 12.2. The summed E-state index contributed by atoms with van der Waals surface area (Å²) in [7, 11) is 4.79. The number of aliphatic imine (C=N–C) groups is 1. The number of hydrogen-bond acceptors (Lipinski definition) is 3. The molecule has 0 amide bonds. The molecule has 0 aliphatic rings. The number of ether oxygens (including phenoxy) is 1. The number of halogens is 3. The number of alkyl halides is 3. The zero-order chi connectivity index (χ0) is 18.1. The number of hydrogen-bond donors (Lipinski definition) is 2. The average Bonchev–Trinajstić information content (AvgIpc) is 2.38. The first-order chi connectivity index (χ1) is 10.5. The van der Waals surface area contributed by atoms with Crippen LogP contribution in [0.3, 0.4) is 0 Å². The van der Waals surface area contributed by atoms with Crippen molar-refractivity contribution in [1.29, 1.82) is 0 Å². The van der Waals surface area contributed by atoms with Crippen LogP contribution < -0.4 is 10.6 Å². The van der Waals surface area contributed by atoms with E-state index in [1.54, 1.807) is 14.2 Å². The molecule has 2 N–H and O–H groups in total. The first kappa shape index (κ1) is 22.0. The van der Waals surface area contributed by atoms with Gasteiger partial charge in [-0.25, -0.2) is 0 Å². The molecule has 0 saturated heterocycles. The summed E-state index contributed by atoms with van der Waals surface area (Å²) in [6.45, 7) is 6.91. The molecule has 0 fully saturated rings. The Morgan fingerprint density at radius 3 is 2.26 bits per heavy atom. The zero-order valence-corrected chi connectivity index (χ0v) is 15.0. The predicted molar refractivity (Wildman–Crippen MR) is 87.8 cm³/mol. The molecule has 1 atom stereocenters. The molecule has 0 spiro atoms. The van der Waals surface area contributed by atoms with Crippen LogP contribution in [0.2, 0.25) is 0 Å². The van der Waals surface area contributed by atoms with Gasteiger partial charge in [0, 0.05) is 27.2 Å². The second-order valence-electron chi connectivity index (χ2n) is 6.68. The minimum Gasteiger partial charge on any atom is -0.379 e. The van der Waals surface area contributed by atoms with Crippen LogP contribution in [-0.2, 0) is 4.74 Å². The molecule has 23 heavy (non-hydrogen) atoms. The Bertz CT molecular complexity index is 354. The first-order valence-corrected chi connectivity index (χ1v) is 7.72. The molecule has 0 bridgehead atoms. The molecular weight excluding hydrogens is 309 g/mol. The van der Waals surface area contributed by atoms with Crippen LogP contribution >= 0.6 is 0 Å². The Labute approximate surface area is 137 Å². The summed E-state index contributed by atoms with van der Waals surface area (Å²) in [5.74, 6) is 0.620. The lowest BCUT2D eigenvalue weighted by atomic mass is 9.89. The van der Waals surface area contributed by atoms with E-state index in [0.717, 1.165) is 0 Å². The fraction of sp³-hybridized carbons (Fsp3) is 0.933. The lowest BCUT2D eigenvalue weighted by Crippen LogP contribution is -2.45. The summed E-state index contributed by atoms with van der Waals surface area (Å²) >= 11 is 0. The Morgan fingerprint density at radius 2 is 1.83 bits per heavy atom. The summed E-state index contributed by atoms with van der Waals surface area (Å²) in [5.41, 5.74) is 0.000901. The van der Waals surface area contributed by atoms with Crippen LogP contribution in [0.4, 0.5) is 13.2 Å². The van der Waals surface area contributed by atoms with Crippen molar-refractivity contribution in [3.8, 4) is 0 Å². The van der Waals surface area contributed by atoms with E-state index in [9.17, 15) is 13.2 Å². The summed E-state index contributed by atoms with van der Waals surface area (Å²) < 4.78 is 42.1. The van der Waals surface area contributed by atoms with Crippen molar-refractivity contribution >= 4 is 5.96 Å². The van der Waals surface area contributed by atoms with Gasteiger partial charge in [0.25, 0.3) is 0 Å². The van der Waals surface area contributed by atoms with E-state index in [2.05, 4.69) is 36.4 Å². The summed E-state index contributed by atoms with van der Waals surface area (Å²) in [4.78, 5) is 5.36. The molecule has 0 aromatic rings. The Balaban J connectivity index is 4.04. The van der Waals surface area contributed by atoms with Gasteiger partial charge in [-0.1, -0.05) is 20.8 Å². The Morgan fingerprint density at radius 1 is 1.22 bits per heavy atom. The first-order valence-electron chi connectivity index (χ1n) is 7.72. The fourth-order valence-corrected chi connectivity index (χ4v) is 2.09. The molecule has 0 aromatic carbocycles. The molecule has 0 aliphatic heterocycles. The molecule has 5 nitrogen and oxygen atoms in total. The fourth-order valence-electron chi connectivity index (χ4n) is 2.09. The second-order valence-corrected chi connectivity index (χ2v) is 6.68. The van der Waals surface area contributed by atoms with Crippen molar-refractivity contribution in [2.45, 2.75) is 39.5 Å². The zero-order valence-electron chi connectivity index (χ0n) is 15.0. The van der Waals surface area contributed by atoms with Crippen molar-refractivity contribution in [3.05, 3.63) is 0 Å². The third-order valence-electron chi connectivity index (χ3n) is 3.39. The third kappa shape index (κ3) is 11.2. The molecule has 0 heterocycles. The van der Waals surface area contributed by atoms with Crippen LogP contribution in [0.5, 0.6) is 0 Å². The van der Waals surface area contributed by atoms with Crippen LogP contribution in [0.15, 0.2) is 4.99 Å². The van der Waals surface area contributed by atoms with Gasteiger partial charge in [-0.3, -0.25) is 9.89 Å². The largest absolute Gasteiger partial charge is 0.401 e. The Hall–Kier alpha value is -1.02. The van der Waals surface area contributed by atoms with E-state index in [0.29, 0.717) is 32.0 Å². The van der Waals surface area contributed by atoms with Gasteiger partial charge in [0.2, 0.25) is 0 Å². The highest BCUT2D eigenvalue weighted by atomic mass is 19.4. The van der Waals surface area contributed by atoms with Gasteiger partial charge < -0.3 is 15.4 Å². The van der Waals surface area contributed by atoms with E-state index in [1.165, 1.54) is 11.9 Å². The SMILES string of the molecule is CN=C(NCCCN(C)CC(F)(F)F)NCC(OC)C(C)(C)C. The minimum absolute atomic E-state index is 0.000901. The van der Waals surface area contributed by atoms with E-state index in [1.807, 2.05) is 0 Å². The summed E-state index contributed by atoms with van der Waals surface area (Å²) in [6, 6.07) is 0. The molecule has 8 heteroatoms. The van der Waals surface area contributed by atoms with Crippen molar-refractivity contribution in [3.63, 3.8) is 0 Å².